The molecular weight excluding hydrogens is 343 g/mol. The molecule has 0 aliphatic heterocycles. The lowest BCUT2D eigenvalue weighted by Gasteiger charge is -2.20. The highest BCUT2D eigenvalue weighted by atomic mass is 79.9. The van der Waals surface area contributed by atoms with Gasteiger partial charge >= 0.3 is 0 Å². The lowest BCUT2D eigenvalue weighted by atomic mass is 10.0. The Balaban J connectivity index is 2.44. The van der Waals surface area contributed by atoms with Gasteiger partial charge in [0.25, 0.3) is 0 Å². The van der Waals surface area contributed by atoms with Crippen molar-refractivity contribution in [1.29, 1.82) is 0 Å². The summed E-state index contributed by atoms with van der Waals surface area (Å²) < 4.78 is 14.9. The van der Waals surface area contributed by atoms with Gasteiger partial charge in [0.2, 0.25) is 0 Å². The van der Waals surface area contributed by atoms with E-state index in [1.807, 2.05) is 18.2 Å². The maximum absolute atomic E-state index is 14.4. The van der Waals surface area contributed by atoms with Crippen molar-refractivity contribution < 1.29 is 4.39 Å². The molecule has 0 spiro atoms. The Morgan fingerprint density at radius 1 is 1.35 bits per heavy atom. The van der Waals surface area contributed by atoms with Crippen molar-refractivity contribution in [1.82, 2.24) is 10.3 Å². The van der Waals surface area contributed by atoms with Crippen LogP contribution < -0.4 is 5.32 Å². The van der Waals surface area contributed by atoms with Crippen molar-refractivity contribution in [3.05, 3.63) is 63.1 Å². The Hall–Kier alpha value is -0.970. The second-order valence-corrected chi connectivity index (χ2v) is 5.64. The maximum atomic E-state index is 14.4. The summed E-state index contributed by atoms with van der Waals surface area (Å²) in [5.41, 5.74) is 1.28. The van der Waals surface area contributed by atoms with E-state index in [4.69, 9.17) is 11.6 Å². The van der Waals surface area contributed by atoms with Crippen LogP contribution in [0.25, 0.3) is 0 Å². The maximum Gasteiger partial charge on any atom is 0.148 e. The summed E-state index contributed by atoms with van der Waals surface area (Å²) in [6.07, 6.45) is 2.66. The standard InChI is InChI=1S/C15H15BrClFN2/c1-2-8-20-15(12-5-3-4-9-19-12)10-6-7-11(16)13(17)14(10)18/h3-7,9,15,20H,2,8H2,1H3. The average Bonchev–Trinajstić information content (AvgIpc) is 2.48. The zero-order chi connectivity index (χ0) is 14.5. The molecular formula is C15H15BrClFN2. The van der Waals surface area contributed by atoms with Gasteiger partial charge in [-0.3, -0.25) is 4.98 Å². The Bertz CT molecular complexity index is 578. The van der Waals surface area contributed by atoms with Crippen LogP contribution in [0.15, 0.2) is 41.0 Å². The molecule has 1 N–H and O–H groups in total. The van der Waals surface area contributed by atoms with Gasteiger partial charge in [0.1, 0.15) is 5.82 Å². The third kappa shape index (κ3) is 3.37. The molecule has 0 saturated carbocycles. The minimum Gasteiger partial charge on any atom is -0.305 e. The fourth-order valence-electron chi connectivity index (χ4n) is 1.97. The predicted octanol–water partition coefficient (Wildman–Crippen LogP) is 4.73. The zero-order valence-corrected chi connectivity index (χ0v) is 13.4. The first-order chi connectivity index (χ1) is 9.65. The molecule has 0 amide bonds. The lowest BCUT2D eigenvalue weighted by Crippen LogP contribution is -2.25. The number of nitrogens with zero attached hydrogens (tertiary/aromatic N) is 1. The van der Waals surface area contributed by atoms with Crippen LogP contribution in [0.2, 0.25) is 5.02 Å². The van der Waals surface area contributed by atoms with E-state index in [2.05, 4.69) is 33.2 Å². The molecule has 1 heterocycles. The van der Waals surface area contributed by atoms with Gasteiger partial charge in [0.05, 0.1) is 16.8 Å². The number of pyridine rings is 1. The summed E-state index contributed by atoms with van der Waals surface area (Å²) in [6, 6.07) is 8.79. The molecule has 1 aromatic carbocycles. The fraction of sp³-hybridized carbons (Fsp3) is 0.267. The second-order valence-electron chi connectivity index (χ2n) is 4.41. The minimum absolute atomic E-state index is 0.0988. The zero-order valence-electron chi connectivity index (χ0n) is 11.0. The van der Waals surface area contributed by atoms with E-state index in [0.717, 1.165) is 18.7 Å². The summed E-state index contributed by atoms with van der Waals surface area (Å²) in [5, 5.41) is 3.41. The van der Waals surface area contributed by atoms with Crippen molar-refractivity contribution in [3.8, 4) is 0 Å². The molecule has 2 nitrogen and oxygen atoms in total. The molecule has 5 heteroatoms. The molecule has 1 unspecified atom stereocenters. The van der Waals surface area contributed by atoms with E-state index in [-0.39, 0.29) is 11.1 Å². The highest BCUT2D eigenvalue weighted by Gasteiger charge is 2.21. The molecule has 0 radical (unpaired) electrons. The summed E-state index contributed by atoms with van der Waals surface area (Å²) in [5.74, 6) is -0.416. The molecule has 20 heavy (non-hydrogen) atoms. The van der Waals surface area contributed by atoms with Crippen LogP contribution in [0, 0.1) is 5.82 Å². The monoisotopic (exact) mass is 356 g/mol. The van der Waals surface area contributed by atoms with Crippen molar-refractivity contribution in [2.45, 2.75) is 19.4 Å². The first kappa shape index (κ1) is 15.4. The summed E-state index contributed by atoms with van der Waals surface area (Å²) in [4.78, 5) is 4.32. The van der Waals surface area contributed by atoms with Crippen LogP contribution >= 0.6 is 27.5 Å². The van der Waals surface area contributed by atoms with E-state index in [9.17, 15) is 4.39 Å². The number of hydrogen-bond acceptors (Lipinski definition) is 2. The van der Waals surface area contributed by atoms with Gasteiger partial charge in [-0.2, -0.15) is 0 Å². The van der Waals surface area contributed by atoms with E-state index in [0.29, 0.717) is 10.0 Å². The largest absolute Gasteiger partial charge is 0.305 e. The van der Waals surface area contributed by atoms with Crippen LogP contribution in [0.3, 0.4) is 0 Å². The normalized spacial score (nSPS) is 12.4. The Morgan fingerprint density at radius 2 is 2.15 bits per heavy atom. The number of rotatable bonds is 5. The quantitative estimate of drug-likeness (QED) is 0.783. The molecule has 2 rings (SSSR count). The number of halogens is 3. The molecule has 1 aromatic heterocycles. The third-order valence-electron chi connectivity index (χ3n) is 2.96. The molecule has 0 bridgehead atoms. The minimum atomic E-state index is -0.416. The highest BCUT2D eigenvalue weighted by Crippen LogP contribution is 2.32. The second kappa shape index (κ2) is 7.16. The summed E-state index contributed by atoms with van der Waals surface area (Å²) >= 11 is 9.21. The highest BCUT2D eigenvalue weighted by molar-refractivity contribution is 9.10. The number of hydrogen-bond donors (Lipinski definition) is 1. The number of benzene rings is 1. The van der Waals surface area contributed by atoms with Gasteiger partial charge in [-0.15, -0.1) is 0 Å². The molecule has 2 aromatic rings. The average molecular weight is 358 g/mol. The van der Waals surface area contributed by atoms with Gasteiger partial charge < -0.3 is 5.32 Å². The van der Waals surface area contributed by atoms with Crippen LogP contribution in [-0.4, -0.2) is 11.5 Å². The van der Waals surface area contributed by atoms with Gasteiger partial charge in [0, 0.05) is 16.2 Å². The SMILES string of the molecule is CCCNC(c1ccccn1)c1ccc(Br)c(Cl)c1F. The molecule has 1 atom stereocenters. The smallest absolute Gasteiger partial charge is 0.148 e. The van der Waals surface area contributed by atoms with Gasteiger partial charge in [-0.25, -0.2) is 4.39 Å². The van der Waals surface area contributed by atoms with E-state index in [1.54, 1.807) is 18.3 Å². The topological polar surface area (TPSA) is 24.9 Å². The van der Waals surface area contributed by atoms with Crippen molar-refractivity contribution in [3.63, 3.8) is 0 Å². The fourth-order valence-corrected chi connectivity index (χ4v) is 2.45. The van der Waals surface area contributed by atoms with E-state index < -0.39 is 5.82 Å². The predicted molar refractivity (Wildman–Crippen MR) is 83.5 cm³/mol. The number of nitrogens with one attached hydrogen (secondary N) is 1. The Kier molecular flexibility index (Phi) is 5.52. The van der Waals surface area contributed by atoms with Crippen molar-refractivity contribution >= 4 is 27.5 Å². The summed E-state index contributed by atoms with van der Waals surface area (Å²) in [7, 11) is 0. The van der Waals surface area contributed by atoms with Crippen LogP contribution in [-0.2, 0) is 0 Å². The molecule has 0 aliphatic rings. The van der Waals surface area contributed by atoms with Crippen molar-refractivity contribution in [2.24, 2.45) is 0 Å². The number of aromatic nitrogens is 1. The first-order valence-corrected chi connectivity index (χ1v) is 7.60. The van der Waals surface area contributed by atoms with Crippen molar-refractivity contribution in [2.75, 3.05) is 6.54 Å². The van der Waals surface area contributed by atoms with Crippen LogP contribution in [0.1, 0.15) is 30.6 Å². The Morgan fingerprint density at radius 3 is 2.80 bits per heavy atom. The molecule has 106 valence electrons. The van der Waals surface area contributed by atoms with E-state index in [1.165, 1.54) is 0 Å². The van der Waals surface area contributed by atoms with Crippen LogP contribution in [0.5, 0.6) is 0 Å². The molecule has 0 fully saturated rings. The molecule has 0 aliphatic carbocycles. The Labute approximate surface area is 131 Å². The van der Waals surface area contributed by atoms with Gasteiger partial charge in [0.15, 0.2) is 0 Å². The third-order valence-corrected chi connectivity index (χ3v) is 4.22. The lowest BCUT2D eigenvalue weighted by molar-refractivity contribution is 0.539. The first-order valence-electron chi connectivity index (χ1n) is 6.42. The van der Waals surface area contributed by atoms with E-state index >= 15 is 0 Å². The summed E-state index contributed by atoms with van der Waals surface area (Å²) in [6.45, 7) is 2.84. The van der Waals surface area contributed by atoms with Gasteiger partial charge in [-0.05, 0) is 47.1 Å². The van der Waals surface area contributed by atoms with Crippen LogP contribution in [0.4, 0.5) is 4.39 Å². The van der Waals surface area contributed by atoms with Gasteiger partial charge in [-0.1, -0.05) is 30.7 Å². The molecule has 0 saturated heterocycles.